The van der Waals surface area contributed by atoms with Crippen molar-refractivity contribution in [3.63, 3.8) is 0 Å². The zero-order valence-electron chi connectivity index (χ0n) is 10.7. The van der Waals surface area contributed by atoms with E-state index < -0.39 is 5.54 Å². The van der Waals surface area contributed by atoms with E-state index in [-0.39, 0.29) is 5.91 Å². The van der Waals surface area contributed by atoms with Gasteiger partial charge in [-0.2, -0.15) is 0 Å². The molecule has 6 nitrogen and oxygen atoms in total. The van der Waals surface area contributed by atoms with Crippen molar-refractivity contribution < 1.29 is 4.79 Å². The second-order valence-electron chi connectivity index (χ2n) is 4.77. The molecule has 0 saturated heterocycles. The molecule has 6 heteroatoms. The lowest BCUT2D eigenvalue weighted by Gasteiger charge is -2.36. The van der Waals surface area contributed by atoms with Crippen LogP contribution in [0, 0.1) is 0 Å². The monoisotopic (exact) mass is 259 g/mol. The van der Waals surface area contributed by atoms with Crippen molar-refractivity contribution in [2.24, 2.45) is 10.8 Å². The van der Waals surface area contributed by atoms with Crippen molar-refractivity contribution >= 4 is 5.91 Å². The third-order valence-electron chi connectivity index (χ3n) is 3.64. The number of nitrogens with zero attached hydrogens (tertiary/aromatic N) is 3. The largest absolute Gasteiger partial charge is 0.368 e. The minimum Gasteiger partial charge on any atom is -0.368 e. The standard InChI is InChI=1S/C13H17N5O/c14-12(19)13(16-7-8-17-18-15)6-5-10-3-1-2-4-11(10)9-13/h1-4,16H,5-9H2,(H2,14,19). The summed E-state index contributed by atoms with van der Waals surface area (Å²) in [6, 6.07) is 8.09. The Hall–Kier alpha value is -2.04. The fourth-order valence-corrected chi connectivity index (χ4v) is 2.57. The molecule has 0 radical (unpaired) electrons. The summed E-state index contributed by atoms with van der Waals surface area (Å²) in [5, 5.41) is 6.63. The van der Waals surface area contributed by atoms with E-state index in [9.17, 15) is 4.79 Å². The van der Waals surface area contributed by atoms with Gasteiger partial charge in [-0.25, -0.2) is 0 Å². The number of hydrogen-bond acceptors (Lipinski definition) is 3. The Morgan fingerprint density at radius 3 is 2.89 bits per heavy atom. The maximum Gasteiger partial charge on any atom is 0.238 e. The number of amides is 1. The normalized spacial score (nSPS) is 21.3. The lowest BCUT2D eigenvalue weighted by Crippen LogP contribution is -2.59. The first kappa shape index (κ1) is 13.4. The predicted molar refractivity (Wildman–Crippen MR) is 72.4 cm³/mol. The Morgan fingerprint density at radius 2 is 2.21 bits per heavy atom. The van der Waals surface area contributed by atoms with E-state index in [1.807, 2.05) is 18.2 Å². The van der Waals surface area contributed by atoms with Gasteiger partial charge in [0.15, 0.2) is 0 Å². The Labute approximate surface area is 111 Å². The van der Waals surface area contributed by atoms with Crippen LogP contribution >= 0.6 is 0 Å². The number of fused-ring (bicyclic) bond motifs is 1. The lowest BCUT2D eigenvalue weighted by molar-refractivity contribution is -0.124. The van der Waals surface area contributed by atoms with E-state index in [0.29, 0.717) is 25.9 Å². The van der Waals surface area contributed by atoms with Gasteiger partial charge in [-0.3, -0.25) is 4.79 Å². The Balaban J connectivity index is 2.14. The van der Waals surface area contributed by atoms with Crippen molar-refractivity contribution in [2.75, 3.05) is 13.1 Å². The highest BCUT2D eigenvalue weighted by molar-refractivity contribution is 5.85. The highest BCUT2D eigenvalue weighted by Gasteiger charge is 2.38. The van der Waals surface area contributed by atoms with Crippen molar-refractivity contribution in [2.45, 2.75) is 24.8 Å². The number of rotatable bonds is 5. The summed E-state index contributed by atoms with van der Waals surface area (Å²) in [7, 11) is 0. The molecule has 3 N–H and O–H groups in total. The molecule has 0 heterocycles. The number of benzene rings is 1. The molecule has 1 unspecified atom stereocenters. The molecular formula is C13H17N5O. The average Bonchev–Trinajstić information content (AvgIpc) is 2.43. The zero-order valence-corrected chi connectivity index (χ0v) is 10.7. The quantitative estimate of drug-likeness (QED) is 0.360. The molecule has 1 aliphatic rings. The summed E-state index contributed by atoms with van der Waals surface area (Å²) in [4.78, 5) is 14.5. The Bertz CT molecular complexity index is 524. The zero-order chi connectivity index (χ0) is 13.7. The van der Waals surface area contributed by atoms with E-state index in [0.717, 1.165) is 12.0 Å². The molecule has 0 aromatic heterocycles. The van der Waals surface area contributed by atoms with Crippen LogP contribution in [0.3, 0.4) is 0 Å². The molecule has 19 heavy (non-hydrogen) atoms. The van der Waals surface area contributed by atoms with Gasteiger partial charge in [-0.15, -0.1) is 0 Å². The Kier molecular flexibility index (Phi) is 4.04. The summed E-state index contributed by atoms with van der Waals surface area (Å²) in [6.45, 7) is 0.766. The number of nitrogens with one attached hydrogen (secondary N) is 1. The maximum atomic E-state index is 11.8. The van der Waals surface area contributed by atoms with Gasteiger partial charge in [-0.1, -0.05) is 29.4 Å². The van der Waals surface area contributed by atoms with E-state index in [1.54, 1.807) is 0 Å². The molecule has 1 amide bonds. The highest BCUT2D eigenvalue weighted by atomic mass is 16.1. The highest BCUT2D eigenvalue weighted by Crippen LogP contribution is 2.28. The maximum absolute atomic E-state index is 11.8. The van der Waals surface area contributed by atoms with Crippen LogP contribution in [0.1, 0.15) is 17.5 Å². The lowest BCUT2D eigenvalue weighted by atomic mass is 9.77. The fraction of sp³-hybridized carbons (Fsp3) is 0.462. The molecule has 0 saturated carbocycles. The first-order chi connectivity index (χ1) is 9.18. The van der Waals surface area contributed by atoms with Crippen LogP contribution in [0.5, 0.6) is 0 Å². The SMILES string of the molecule is [N-]=[N+]=NCCNC1(C(N)=O)CCc2ccccc2C1. The molecule has 0 fully saturated rings. The van der Waals surface area contributed by atoms with Gasteiger partial charge in [0.05, 0.1) is 0 Å². The molecule has 0 bridgehead atoms. The van der Waals surface area contributed by atoms with Gasteiger partial charge < -0.3 is 11.1 Å². The molecule has 100 valence electrons. The predicted octanol–water partition coefficient (Wildman–Crippen LogP) is 1.30. The van der Waals surface area contributed by atoms with Crippen LogP contribution in [0.4, 0.5) is 0 Å². The molecular weight excluding hydrogens is 242 g/mol. The van der Waals surface area contributed by atoms with Crippen molar-refractivity contribution in [1.29, 1.82) is 0 Å². The second kappa shape index (κ2) is 5.73. The van der Waals surface area contributed by atoms with Gasteiger partial charge in [0, 0.05) is 18.0 Å². The van der Waals surface area contributed by atoms with Crippen LogP contribution < -0.4 is 11.1 Å². The number of aryl methyl sites for hydroxylation is 1. The van der Waals surface area contributed by atoms with Crippen LogP contribution in [0.25, 0.3) is 10.4 Å². The van der Waals surface area contributed by atoms with Crippen LogP contribution in [0.2, 0.25) is 0 Å². The van der Waals surface area contributed by atoms with E-state index in [1.165, 1.54) is 5.56 Å². The first-order valence-electron chi connectivity index (χ1n) is 6.30. The van der Waals surface area contributed by atoms with Gasteiger partial charge in [0.1, 0.15) is 5.54 Å². The number of azide groups is 1. The van der Waals surface area contributed by atoms with Gasteiger partial charge >= 0.3 is 0 Å². The average molecular weight is 259 g/mol. The van der Waals surface area contributed by atoms with Gasteiger partial charge in [0.2, 0.25) is 5.91 Å². The van der Waals surface area contributed by atoms with Crippen molar-refractivity contribution in [3.8, 4) is 0 Å². The molecule has 0 aliphatic heterocycles. The van der Waals surface area contributed by atoms with Crippen molar-refractivity contribution in [3.05, 3.63) is 45.8 Å². The van der Waals surface area contributed by atoms with E-state index in [4.69, 9.17) is 11.3 Å². The van der Waals surface area contributed by atoms with E-state index >= 15 is 0 Å². The third kappa shape index (κ3) is 2.86. The summed E-state index contributed by atoms with van der Waals surface area (Å²) in [6.07, 6.45) is 2.10. The van der Waals surface area contributed by atoms with E-state index in [2.05, 4.69) is 21.4 Å². The second-order valence-corrected chi connectivity index (χ2v) is 4.77. The van der Waals surface area contributed by atoms with Crippen LogP contribution in [-0.2, 0) is 17.6 Å². The fourth-order valence-electron chi connectivity index (χ4n) is 2.57. The number of primary amides is 1. The number of carbonyl (C=O) groups excluding carboxylic acids is 1. The van der Waals surface area contributed by atoms with Gasteiger partial charge in [0.25, 0.3) is 0 Å². The van der Waals surface area contributed by atoms with Crippen LogP contribution in [0.15, 0.2) is 29.4 Å². The topological polar surface area (TPSA) is 104 Å². The summed E-state index contributed by atoms with van der Waals surface area (Å²) >= 11 is 0. The smallest absolute Gasteiger partial charge is 0.238 e. The number of nitrogens with two attached hydrogens (primary N) is 1. The summed E-state index contributed by atoms with van der Waals surface area (Å²) < 4.78 is 0. The molecule has 1 atom stereocenters. The first-order valence-corrected chi connectivity index (χ1v) is 6.30. The number of hydrogen-bond donors (Lipinski definition) is 2. The summed E-state index contributed by atoms with van der Waals surface area (Å²) in [5.41, 5.74) is 15.5. The van der Waals surface area contributed by atoms with Crippen LogP contribution in [-0.4, -0.2) is 24.5 Å². The van der Waals surface area contributed by atoms with Gasteiger partial charge in [-0.05, 0) is 35.9 Å². The molecule has 0 spiro atoms. The minimum absolute atomic E-state index is 0.313. The Morgan fingerprint density at radius 1 is 1.47 bits per heavy atom. The summed E-state index contributed by atoms with van der Waals surface area (Å²) in [5.74, 6) is -0.344. The van der Waals surface area contributed by atoms with Crippen molar-refractivity contribution in [1.82, 2.24) is 5.32 Å². The molecule has 1 aliphatic carbocycles. The number of carbonyl (C=O) groups is 1. The molecule has 1 aromatic carbocycles. The third-order valence-corrected chi connectivity index (χ3v) is 3.64. The molecule has 2 rings (SSSR count). The molecule has 1 aromatic rings. The minimum atomic E-state index is -0.723.